The number of nitriles is 1. The van der Waals surface area contributed by atoms with Crippen molar-refractivity contribution in [3.63, 3.8) is 0 Å². The fraction of sp³-hybridized carbons (Fsp3) is 0.516. The number of benzene rings is 2. The van der Waals surface area contributed by atoms with Crippen LogP contribution in [0.4, 0.5) is 29.3 Å². The molecule has 2 amide bonds. The molecule has 0 spiro atoms. The third kappa shape index (κ3) is 6.66. The van der Waals surface area contributed by atoms with Crippen LogP contribution in [-0.2, 0) is 22.1 Å². The molecule has 2 saturated heterocycles. The van der Waals surface area contributed by atoms with Gasteiger partial charge in [0.15, 0.2) is 5.50 Å². The van der Waals surface area contributed by atoms with Gasteiger partial charge < -0.3 is 19.3 Å². The van der Waals surface area contributed by atoms with E-state index in [2.05, 4.69) is 0 Å². The van der Waals surface area contributed by atoms with Gasteiger partial charge in [-0.05, 0) is 83.0 Å². The first-order valence-corrected chi connectivity index (χ1v) is 14.7. The molecular weight excluding hydrogens is 581 g/mol. The number of piperidine rings is 1. The fourth-order valence-corrected chi connectivity index (χ4v) is 6.06. The number of alkyl halides is 3. The van der Waals surface area contributed by atoms with E-state index in [1.54, 1.807) is 29.7 Å². The quantitative estimate of drug-likeness (QED) is 0.373. The van der Waals surface area contributed by atoms with Crippen molar-refractivity contribution in [3.05, 3.63) is 53.1 Å². The number of likely N-dealkylation sites (tertiary alicyclic amines) is 1. The minimum atomic E-state index is -4.76. The summed E-state index contributed by atoms with van der Waals surface area (Å²) in [5.41, 5.74) is -2.68. The van der Waals surface area contributed by atoms with Gasteiger partial charge in [-0.3, -0.25) is 9.69 Å². The molecule has 0 radical (unpaired) electrons. The van der Waals surface area contributed by atoms with Crippen LogP contribution in [0.5, 0.6) is 5.75 Å². The van der Waals surface area contributed by atoms with Gasteiger partial charge in [0.1, 0.15) is 23.0 Å². The lowest BCUT2D eigenvalue weighted by molar-refractivity contribution is -0.137. The van der Waals surface area contributed by atoms with Crippen LogP contribution < -0.4 is 14.5 Å². The maximum absolute atomic E-state index is 13.7. The van der Waals surface area contributed by atoms with Gasteiger partial charge in [-0.2, -0.15) is 18.4 Å². The Morgan fingerprint density at radius 1 is 1.09 bits per heavy atom. The van der Waals surface area contributed by atoms with Crippen LogP contribution in [0.15, 0.2) is 36.4 Å². The molecule has 0 saturated carbocycles. The monoisotopic (exact) mass is 618 g/mol. The lowest BCUT2D eigenvalue weighted by Crippen LogP contribution is -2.45. The average Bonchev–Trinajstić information content (AvgIpc) is 3.10. The number of nitrogens with zero attached hydrogens (tertiary/aromatic N) is 4. The van der Waals surface area contributed by atoms with Gasteiger partial charge in [0.25, 0.3) is 5.91 Å². The third-order valence-electron chi connectivity index (χ3n) is 7.60. The second kappa shape index (κ2) is 11.8. The van der Waals surface area contributed by atoms with E-state index in [9.17, 15) is 28.0 Å². The second-order valence-corrected chi connectivity index (χ2v) is 12.7. The topological polar surface area (TPSA) is 86.1 Å². The van der Waals surface area contributed by atoms with Crippen LogP contribution in [0.25, 0.3) is 0 Å². The zero-order chi connectivity index (χ0) is 31.9. The molecule has 1 atom stereocenters. The fourth-order valence-electron chi connectivity index (χ4n) is 5.40. The molecule has 2 heterocycles. The number of hydrogen-bond donors (Lipinski definition) is 1. The standard InChI is InChI=1S/C31H37F3N4O4S/c1-7-19-16-22(10-11-25(19)41-23-12-14-36(15-13-23)28(40)42-29(2,3)4)38-27(43)37(26(39)30(38,5)6)21-9-8-20(18-35)24(17-21)31(32,33)34/h8-11,16-17,23,27,43H,7,12-15H2,1-6H3. The number of halogens is 3. The Morgan fingerprint density at radius 3 is 2.28 bits per heavy atom. The zero-order valence-corrected chi connectivity index (χ0v) is 26.1. The van der Waals surface area contributed by atoms with E-state index in [0.717, 1.165) is 17.7 Å². The van der Waals surface area contributed by atoms with Gasteiger partial charge in [0.05, 0.1) is 17.2 Å². The molecule has 8 nitrogen and oxygen atoms in total. The Labute approximate surface area is 255 Å². The van der Waals surface area contributed by atoms with Gasteiger partial charge in [0.2, 0.25) is 0 Å². The molecule has 2 aliphatic heterocycles. The van der Waals surface area contributed by atoms with E-state index in [4.69, 9.17) is 22.1 Å². The highest BCUT2D eigenvalue weighted by Crippen LogP contribution is 2.43. The molecule has 1 unspecified atom stereocenters. The third-order valence-corrected chi connectivity index (χ3v) is 8.07. The Morgan fingerprint density at radius 2 is 1.72 bits per heavy atom. The van der Waals surface area contributed by atoms with E-state index in [0.29, 0.717) is 43.8 Å². The van der Waals surface area contributed by atoms with Gasteiger partial charge in [-0.15, -0.1) is 12.6 Å². The van der Waals surface area contributed by atoms with Crippen molar-refractivity contribution in [1.82, 2.24) is 4.90 Å². The average molecular weight is 619 g/mol. The largest absolute Gasteiger partial charge is 0.490 e. The smallest absolute Gasteiger partial charge is 0.417 e. The normalized spacial score (nSPS) is 19.4. The summed E-state index contributed by atoms with van der Waals surface area (Å²) >= 11 is 4.69. The molecule has 4 rings (SSSR count). The number of amides is 2. The molecule has 232 valence electrons. The predicted octanol–water partition coefficient (Wildman–Crippen LogP) is 6.76. The number of anilines is 2. The lowest BCUT2D eigenvalue weighted by Gasteiger charge is -2.35. The molecule has 43 heavy (non-hydrogen) atoms. The van der Waals surface area contributed by atoms with Crippen LogP contribution in [0.1, 0.15) is 71.1 Å². The Bertz CT molecular complexity index is 1430. The number of hydrogen-bond acceptors (Lipinski definition) is 7. The first kappa shape index (κ1) is 32.3. The van der Waals surface area contributed by atoms with Gasteiger partial charge in [0, 0.05) is 37.3 Å². The van der Waals surface area contributed by atoms with E-state index in [-0.39, 0.29) is 17.9 Å². The Kier molecular flexibility index (Phi) is 8.89. The second-order valence-electron chi connectivity index (χ2n) is 12.2. The molecule has 0 aliphatic carbocycles. The summed E-state index contributed by atoms with van der Waals surface area (Å²) < 4.78 is 52.9. The van der Waals surface area contributed by atoms with Gasteiger partial charge in [-0.1, -0.05) is 6.92 Å². The summed E-state index contributed by atoms with van der Waals surface area (Å²) in [6.45, 7) is 11.9. The molecular formula is C31H37F3N4O4S. The molecule has 0 N–H and O–H groups in total. The highest BCUT2D eigenvalue weighted by Gasteiger charge is 2.51. The highest BCUT2D eigenvalue weighted by atomic mass is 32.1. The summed E-state index contributed by atoms with van der Waals surface area (Å²) in [4.78, 5) is 30.7. The molecule has 2 aliphatic rings. The molecule has 2 aromatic carbocycles. The van der Waals surface area contributed by atoms with Crippen molar-refractivity contribution in [2.24, 2.45) is 0 Å². The van der Waals surface area contributed by atoms with Crippen molar-refractivity contribution in [2.45, 2.75) is 89.7 Å². The van der Waals surface area contributed by atoms with Crippen molar-refractivity contribution in [3.8, 4) is 11.8 Å². The summed E-state index contributed by atoms with van der Waals surface area (Å²) in [5.74, 6) is 0.264. The summed E-state index contributed by atoms with van der Waals surface area (Å²) in [5, 5.41) is 9.18. The summed E-state index contributed by atoms with van der Waals surface area (Å²) in [6, 6.07) is 10.3. The molecule has 12 heteroatoms. The van der Waals surface area contributed by atoms with E-state index in [1.165, 1.54) is 11.0 Å². The lowest BCUT2D eigenvalue weighted by atomic mass is 10.0. The Hall–Kier alpha value is -3.59. The molecule has 0 bridgehead atoms. The maximum atomic E-state index is 13.7. The van der Waals surface area contributed by atoms with Gasteiger partial charge in [-0.25, -0.2) is 4.79 Å². The first-order valence-electron chi connectivity index (χ1n) is 14.2. The molecule has 2 aromatic rings. The van der Waals surface area contributed by atoms with Crippen molar-refractivity contribution >= 4 is 36.0 Å². The maximum Gasteiger partial charge on any atom is 0.417 e. The minimum absolute atomic E-state index is 0.000271. The number of carbonyl (C=O) groups is 2. The van der Waals surface area contributed by atoms with E-state index in [1.807, 2.05) is 45.9 Å². The number of carbonyl (C=O) groups excluding carboxylic acids is 2. The summed E-state index contributed by atoms with van der Waals surface area (Å²) in [6.07, 6.45) is -3.26. The van der Waals surface area contributed by atoms with E-state index < -0.39 is 39.8 Å². The Balaban J connectivity index is 1.54. The van der Waals surface area contributed by atoms with Gasteiger partial charge >= 0.3 is 12.3 Å². The van der Waals surface area contributed by atoms with Crippen LogP contribution in [-0.4, -0.2) is 52.7 Å². The van der Waals surface area contributed by atoms with Crippen molar-refractivity contribution in [1.29, 1.82) is 5.26 Å². The molecule has 0 aromatic heterocycles. The van der Waals surface area contributed by atoms with Crippen molar-refractivity contribution in [2.75, 3.05) is 22.9 Å². The predicted molar refractivity (Wildman–Crippen MR) is 160 cm³/mol. The highest BCUT2D eigenvalue weighted by molar-refractivity contribution is 7.81. The SMILES string of the molecule is CCc1cc(N2C(S)N(c3ccc(C#N)c(C(F)(F)F)c3)C(=O)C2(C)C)ccc1OC1CCN(C(=O)OC(C)(C)C)CC1. The van der Waals surface area contributed by atoms with Crippen LogP contribution in [0.3, 0.4) is 0 Å². The zero-order valence-electron chi connectivity index (χ0n) is 25.2. The van der Waals surface area contributed by atoms with E-state index >= 15 is 0 Å². The van der Waals surface area contributed by atoms with Crippen molar-refractivity contribution < 1.29 is 32.2 Å². The number of aryl methyl sites for hydroxylation is 1. The number of thiol groups is 1. The number of rotatable bonds is 5. The minimum Gasteiger partial charge on any atom is -0.490 e. The molecule has 2 fully saturated rings. The van der Waals surface area contributed by atoms with Crippen LogP contribution in [0, 0.1) is 11.3 Å². The van der Waals surface area contributed by atoms with Crippen LogP contribution in [0.2, 0.25) is 0 Å². The first-order chi connectivity index (χ1) is 20.0. The summed E-state index contributed by atoms with van der Waals surface area (Å²) in [7, 11) is 0. The number of ether oxygens (including phenoxy) is 2. The van der Waals surface area contributed by atoms with Crippen LogP contribution >= 0.6 is 12.6 Å².